The van der Waals surface area contributed by atoms with E-state index >= 15 is 0 Å². The van der Waals surface area contributed by atoms with Crippen molar-refractivity contribution in [2.24, 2.45) is 5.92 Å². The van der Waals surface area contributed by atoms with Gasteiger partial charge in [-0.3, -0.25) is 9.67 Å². The lowest BCUT2D eigenvalue weighted by Gasteiger charge is -2.34. The summed E-state index contributed by atoms with van der Waals surface area (Å²) < 4.78 is 2.02. The number of aryl methyl sites for hydroxylation is 2. The number of rotatable bonds is 6. The molecule has 0 aromatic carbocycles. The molecule has 1 aliphatic heterocycles. The number of likely N-dealkylation sites (tertiary alicyclic amines) is 1. The summed E-state index contributed by atoms with van der Waals surface area (Å²) in [6.45, 7) is 6.27. The van der Waals surface area contributed by atoms with Crippen molar-refractivity contribution in [3.8, 4) is 0 Å². The first-order valence-electron chi connectivity index (χ1n) is 8.53. The summed E-state index contributed by atoms with van der Waals surface area (Å²) in [5.41, 5.74) is 2.02. The van der Waals surface area contributed by atoms with Gasteiger partial charge in [-0.1, -0.05) is 6.07 Å². The van der Waals surface area contributed by atoms with E-state index in [9.17, 15) is 5.11 Å². The van der Waals surface area contributed by atoms with Gasteiger partial charge in [0.2, 0.25) is 0 Å². The average molecular weight is 314 g/mol. The first-order chi connectivity index (χ1) is 11.2. The summed E-state index contributed by atoms with van der Waals surface area (Å²) in [7, 11) is 0. The number of hydrogen-bond donors (Lipinski definition) is 1. The van der Waals surface area contributed by atoms with E-state index in [4.69, 9.17) is 0 Å². The van der Waals surface area contributed by atoms with Gasteiger partial charge < -0.3 is 10.0 Å². The molecule has 5 nitrogen and oxygen atoms in total. The van der Waals surface area contributed by atoms with Crippen LogP contribution >= 0.6 is 0 Å². The zero-order valence-electron chi connectivity index (χ0n) is 13.8. The third-order valence-electron chi connectivity index (χ3n) is 4.69. The summed E-state index contributed by atoms with van der Waals surface area (Å²) in [6, 6.07) is 5.75. The van der Waals surface area contributed by atoms with Crippen LogP contribution in [0.25, 0.3) is 0 Å². The number of piperidine rings is 1. The molecule has 124 valence electrons. The van der Waals surface area contributed by atoms with Crippen LogP contribution in [0.3, 0.4) is 0 Å². The van der Waals surface area contributed by atoms with Gasteiger partial charge in [0.15, 0.2) is 0 Å². The Morgan fingerprint density at radius 2 is 2.09 bits per heavy atom. The van der Waals surface area contributed by atoms with E-state index in [0.717, 1.165) is 51.1 Å². The van der Waals surface area contributed by atoms with Gasteiger partial charge in [0.05, 0.1) is 18.0 Å². The number of aromatic nitrogens is 3. The van der Waals surface area contributed by atoms with Crippen molar-refractivity contribution in [2.75, 3.05) is 19.6 Å². The van der Waals surface area contributed by atoms with Crippen LogP contribution in [0.4, 0.5) is 0 Å². The largest absolute Gasteiger partial charge is 0.387 e. The molecule has 2 aromatic heterocycles. The maximum atomic E-state index is 10.5. The zero-order chi connectivity index (χ0) is 16.1. The molecule has 1 saturated heterocycles. The van der Waals surface area contributed by atoms with Crippen LogP contribution in [0, 0.1) is 12.8 Å². The van der Waals surface area contributed by atoms with Crippen LogP contribution in [0.15, 0.2) is 36.8 Å². The van der Waals surface area contributed by atoms with Crippen molar-refractivity contribution in [1.82, 2.24) is 19.7 Å². The highest BCUT2D eigenvalue weighted by molar-refractivity contribution is 5.08. The van der Waals surface area contributed by atoms with Crippen molar-refractivity contribution >= 4 is 0 Å². The molecule has 1 fully saturated rings. The van der Waals surface area contributed by atoms with Crippen LogP contribution in [0.2, 0.25) is 0 Å². The molecule has 0 amide bonds. The summed E-state index contributed by atoms with van der Waals surface area (Å²) in [6.07, 6.45) is 8.53. The van der Waals surface area contributed by atoms with E-state index in [-0.39, 0.29) is 0 Å². The summed E-state index contributed by atoms with van der Waals surface area (Å²) >= 11 is 0. The Hall–Kier alpha value is -1.72. The topological polar surface area (TPSA) is 54.2 Å². The maximum Gasteiger partial charge on any atom is 0.0988 e. The fraction of sp³-hybridized carbons (Fsp3) is 0.556. The second kappa shape index (κ2) is 7.70. The summed E-state index contributed by atoms with van der Waals surface area (Å²) in [5.74, 6) is 0.329. The predicted octanol–water partition coefficient (Wildman–Crippen LogP) is 2.42. The fourth-order valence-corrected chi connectivity index (χ4v) is 3.33. The van der Waals surface area contributed by atoms with Crippen molar-refractivity contribution < 1.29 is 5.11 Å². The van der Waals surface area contributed by atoms with E-state index in [1.54, 1.807) is 6.20 Å². The molecule has 0 bridgehead atoms. The predicted molar refractivity (Wildman–Crippen MR) is 89.9 cm³/mol. The normalized spacial score (nSPS) is 18.2. The number of pyridine rings is 1. The standard InChI is InChI=1S/C18H26N4O/c1-15-13-20-22(14-15)10-4-9-21-11-6-16(7-12-21)18(23)17-5-2-3-8-19-17/h2-3,5,8,13-14,16,18,23H,4,6-7,9-12H2,1H3/t18-/m1/s1. The Kier molecular flexibility index (Phi) is 5.41. The molecule has 1 aliphatic rings. The zero-order valence-corrected chi connectivity index (χ0v) is 13.8. The molecule has 5 heteroatoms. The molecular formula is C18H26N4O. The maximum absolute atomic E-state index is 10.5. The average Bonchev–Trinajstić information content (AvgIpc) is 3.01. The van der Waals surface area contributed by atoms with Crippen molar-refractivity contribution in [3.05, 3.63) is 48.0 Å². The first-order valence-corrected chi connectivity index (χ1v) is 8.53. The Bertz CT molecular complexity index is 590. The Labute approximate surface area is 138 Å². The quantitative estimate of drug-likeness (QED) is 0.890. The van der Waals surface area contributed by atoms with Crippen LogP contribution < -0.4 is 0 Å². The lowest BCUT2D eigenvalue weighted by atomic mass is 9.89. The van der Waals surface area contributed by atoms with E-state index in [1.807, 2.05) is 29.1 Å². The van der Waals surface area contributed by atoms with E-state index in [1.165, 1.54) is 5.56 Å². The molecule has 2 aromatic rings. The van der Waals surface area contributed by atoms with Crippen LogP contribution in [-0.4, -0.2) is 44.4 Å². The van der Waals surface area contributed by atoms with Crippen molar-refractivity contribution in [1.29, 1.82) is 0 Å². The smallest absolute Gasteiger partial charge is 0.0988 e. The van der Waals surface area contributed by atoms with Gasteiger partial charge >= 0.3 is 0 Å². The highest BCUT2D eigenvalue weighted by Gasteiger charge is 2.26. The van der Waals surface area contributed by atoms with Gasteiger partial charge in [0, 0.05) is 18.9 Å². The van der Waals surface area contributed by atoms with Gasteiger partial charge in [-0.25, -0.2) is 0 Å². The minimum atomic E-state index is -0.426. The number of nitrogens with zero attached hydrogens (tertiary/aromatic N) is 4. The Morgan fingerprint density at radius 3 is 2.74 bits per heavy atom. The lowest BCUT2D eigenvalue weighted by Crippen LogP contribution is -2.36. The summed E-state index contributed by atoms with van der Waals surface area (Å²) in [4.78, 5) is 6.78. The molecule has 1 atom stereocenters. The fourth-order valence-electron chi connectivity index (χ4n) is 3.33. The minimum absolute atomic E-state index is 0.329. The summed E-state index contributed by atoms with van der Waals surface area (Å²) in [5, 5.41) is 14.8. The SMILES string of the molecule is Cc1cnn(CCCN2CCC([C@@H](O)c3ccccn3)CC2)c1. The van der Waals surface area contributed by atoms with Gasteiger partial charge in [-0.15, -0.1) is 0 Å². The van der Waals surface area contributed by atoms with Crippen LogP contribution in [0.1, 0.15) is 36.6 Å². The molecule has 1 N–H and O–H groups in total. The third kappa shape index (κ3) is 4.39. The third-order valence-corrected chi connectivity index (χ3v) is 4.69. The number of aliphatic hydroxyl groups is 1. The van der Waals surface area contributed by atoms with Gasteiger partial charge in [0.1, 0.15) is 0 Å². The molecule has 0 unspecified atom stereocenters. The first kappa shape index (κ1) is 16.1. The second-order valence-corrected chi connectivity index (χ2v) is 6.51. The molecule has 0 saturated carbocycles. The molecule has 0 aliphatic carbocycles. The van der Waals surface area contributed by atoms with Crippen LogP contribution in [-0.2, 0) is 6.54 Å². The van der Waals surface area contributed by atoms with Gasteiger partial charge in [-0.2, -0.15) is 5.10 Å². The molecule has 3 heterocycles. The highest BCUT2D eigenvalue weighted by atomic mass is 16.3. The van der Waals surface area contributed by atoms with Crippen molar-refractivity contribution in [3.63, 3.8) is 0 Å². The molecular weight excluding hydrogens is 288 g/mol. The van der Waals surface area contributed by atoms with E-state index < -0.39 is 6.10 Å². The number of aliphatic hydroxyl groups excluding tert-OH is 1. The van der Waals surface area contributed by atoms with Gasteiger partial charge in [0.25, 0.3) is 0 Å². The van der Waals surface area contributed by atoms with E-state index in [2.05, 4.69) is 28.1 Å². The van der Waals surface area contributed by atoms with Crippen molar-refractivity contribution in [2.45, 2.75) is 38.8 Å². The monoisotopic (exact) mass is 314 g/mol. The second-order valence-electron chi connectivity index (χ2n) is 6.51. The van der Waals surface area contributed by atoms with E-state index in [0.29, 0.717) is 5.92 Å². The molecule has 0 radical (unpaired) electrons. The van der Waals surface area contributed by atoms with Crippen LogP contribution in [0.5, 0.6) is 0 Å². The highest BCUT2D eigenvalue weighted by Crippen LogP contribution is 2.29. The Morgan fingerprint density at radius 1 is 1.26 bits per heavy atom. The number of hydrogen-bond acceptors (Lipinski definition) is 4. The lowest BCUT2D eigenvalue weighted by molar-refractivity contribution is 0.0554. The van der Waals surface area contributed by atoms with Gasteiger partial charge in [-0.05, 0) is 69.4 Å². The molecule has 23 heavy (non-hydrogen) atoms. The molecule has 0 spiro atoms. The molecule has 3 rings (SSSR count). The Balaban J connectivity index is 1.40. The minimum Gasteiger partial charge on any atom is -0.387 e.